The molecule has 0 radical (unpaired) electrons. The number of nitrogens with one attached hydrogen (secondary N) is 1. The highest BCUT2D eigenvalue weighted by molar-refractivity contribution is 5.73. The van der Waals surface area contributed by atoms with E-state index >= 15 is 0 Å². The quantitative estimate of drug-likeness (QED) is 0.579. The normalized spacial score (nSPS) is 34.8. The van der Waals surface area contributed by atoms with Crippen LogP contribution in [0.3, 0.4) is 0 Å². The van der Waals surface area contributed by atoms with Crippen LogP contribution in [0, 0.1) is 0 Å². The van der Waals surface area contributed by atoms with Gasteiger partial charge in [-0.1, -0.05) is 0 Å². The molecule has 4 atom stereocenters. The van der Waals surface area contributed by atoms with E-state index in [2.05, 4.69) is 5.32 Å². The van der Waals surface area contributed by atoms with Crippen LogP contribution in [0.5, 0.6) is 0 Å². The second kappa shape index (κ2) is 6.15. The monoisotopic (exact) mass is 233 g/mol. The average Bonchev–Trinajstić information content (AvgIpc) is 2.21. The molecule has 94 valence electrons. The van der Waals surface area contributed by atoms with Crippen molar-refractivity contribution in [2.75, 3.05) is 13.2 Å². The number of hydrogen-bond acceptors (Lipinski definition) is 5. The van der Waals surface area contributed by atoms with Crippen LogP contribution in [0.15, 0.2) is 0 Å². The molecule has 6 heteroatoms. The summed E-state index contributed by atoms with van der Waals surface area (Å²) in [4.78, 5) is 11.0. The molecule has 1 heterocycles. The predicted molar refractivity (Wildman–Crippen MR) is 55.6 cm³/mol. The lowest BCUT2D eigenvalue weighted by atomic mass is 10.0. The fraction of sp³-hybridized carbons (Fsp3) is 0.900. The number of aliphatic hydroxyl groups excluding tert-OH is 2. The highest BCUT2D eigenvalue weighted by Gasteiger charge is 2.37. The van der Waals surface area contributed by atoms with E-state index in [1.54, 1.807) is 0 Å². The van der Waals surface area contributed by atoms with E-state index in [1.807, 2.05) is 6.92 Å². The van der Waals surface area contributed by atoms with Gasteiger partial charge in [0.25, 0.3) is 0 Å². The summed E-state index contributed by atoms with van der Waals surface area (Å²) in [7, 11) is 0. The SMILES string of the molecule is CCO[C@@H]1O[C@H](CO)[C@@H](O)C[C@@H]1NC(C)=O. The fourth-order valence-electron chi connectivity index (χ4n) is 1.75. The molecular formula is C10H19NO5. The molecule has 1 amide bonds. The Kier molecular flexibility index (Phi) is 5.14. The Bertz CT molecular complexity index is 235. The van der Waals surface area contributed by atoms with Gasteiger partial charge in [-0.05, 0) is 6.92 Å². The zero-order chi connectivity index (χ0) is 12.1. The van der Waals surface area contributed by atoms with Crippen molar-refractivity contribution in [3.05, 3.63) is 0 Å². The van der Waals surface area contributed by atoms with Crippen LogP contribution in [-0.4, -0.2) is 53.9 Å². The second-order valence-electron chi connectivity index (χ2n) is 3.79. The van der Waals surface area contributed by atoms with Gasteiger partial charge in [-0.25, -0.2) is 0 Å². The van der Waals surface area contributed by atoms with Gasteiger partial charge >= 0.3 is 0 Å². The molecule has 1 rings (SSSR count). The summed E-state index contributed by atoms with van der Waals surface area (Å²) in [5.41, 5.74) is 0. The highest BCUT2D eigenvalue weighted by Crippen LogP contribution is 2.21. The van der Waals surface area contributed by atoms with Gasteiger partial charge < -0.3 is 25.0 Å². The number of hydrogen-bond donors (Lipinski definition) is 3. The molecule has 0 spiro atoms. The van der Waals surface area contributed by atoms with Gasteiger partial charge in [-0.15, -0.1) is 0 Å². The molecule has 1 saturated heterocycles. The molecule has 0 aromatic rings. The molecule has 6 nitrogen and oxygen atoms in total. The van der Waals surface area contributed by atoms with Gasteiger partial charge in [-0.2, -0.15) is 0 Å². The largest absolute Gasteiger partial charge is 0.394 e. The van der Waals surface area contributed by atoms with Crippen molar-refractivity contribution >= 4 is 5.91 Å². The highest BCUT2D eigenvalue weighted by atomic mass is 16.7. The zero-order valence-corrected chi connectivity index (χ0v) is 9.55. The molecule has 0 aliphatic carbocycles. The number of ether oxygens (including phenoxy) is 2. The third kappa shape index (κ3) is 3.41. The molecule has 0 aromatic carbocycles. The van der Waals surface area contributed by atoms with E-state index in [1.165, 1.54) is 6.92 Å². The molecule has 16 heavy (non-hydrogen) atoms. The minimum Gasteiger partial charge on any atom is -0.394 e. The molecule has 0 unspecified atom stereocenters. The zero-order valence-electron chi connectivity index (χ0n) is 9.55. The molecule has 0 bridgehead atoms. The Labute approximate surface area is 94.5 Å². The molecule has 1 fully saturated rings. The summed E-state index contributed by atoms with van der Waals surface area (Å²) < 4.78 is 10.7. The number of amides is 1. The van der Waals surface area contributed by atoms with Crippen LogP contribution in [0.25, 0.3) is 0 Å². The van der Waals surface area contributed by atoms with Crippen LogP contribution < -0.4 is 5.32 Å². The van der Waals surface area contributed by atoms with E-state index in [0.29, 0.717) is 13.0 Å². The summed E-state index contributed by atoms with van der Waals surface area (Å²) >= 11 is 0. The number of carbonyl (C=O) groups is 1. The Morgan fingerprint density at radius 1 is 1.62 bits per heavy atom. The van der Waals surface area contributed by atoms with Gasteiger partial charge in [0.1, 0.15) is 6.10 Å². The number of carbonyl (C=O) groups excluding carboxylic acids is 1. The Hall–Kier alpha value is -0.690. The summed E-state index contributed by atoms with van der Waals surface area (Å²) in [6.45, 7) is 3.38. The molecule has 0 aromatic heterocycles. The molecular weight excluding hydrogens is 214 g/mol. The van der Waals surface area contributed by atoms with Crippen molar-refractivity contribution in [3.8, 4) is 0 Å². The third-order valence-corrected chi connectivity index (χ3v) is 2.46. The maximum atomic E-state index is 11.0. The summed E-state index contributed by atoms with van der Waals surface area (Å²) in [6.07, 6.45) is -1.75. The smallest absolute Gasteiger partial charge is 0.217 e. The lowest BCUT2D eigenvalue weighted by molar-refractivity contribution is -0.240. The van der Waals surface area contributed by atoms with Crippen molar-refractivity contribution < 1.29 is 24.5 Å². The fourth-order valence-corrected chi connectivity index (χ4v) is 1.75. The van der Waals surface area contributed by atoms with Crippen molar-refractivity contribution in [1.82, 2.24) is 5.32 Å². The maximum Gasteiger partial charge on any atom is 0.217 e. The lowest BCUT2D eigenvalue weighted by Crippen LogP contribution is -2.55. The van der Waals surface area contributed by atoms with Crippen molar-refractivity contribution in [3.63, 3.8) is 0 Å². The predicted octanol–water partition coefficient (Wildman–Crippen LogP) is -1.00. The Morgan fingerprint density at radius 3 is 2.81 bits per heavy atom. The summed E-state index contributed by atoms with van der Waals surface area (Å²) in [5, 5.41) is 21.3. The standard InChI is InChI=1S/C10H19NO5/c1-3-15-10-7(11-6(2)13)4-8(14)9(5-12)16-10/h7-10,12,14H,3-5H2,1-2H3,(H,11,13)/t7-,8-,9+,10+/m0/s1. The van der Waals surface area contributed by atoms with E-state index in [9.17, 15) is 9.90 Å². The first-order valence-corrected chi connectivity index (χ1v) is 5.41. The number of aliphatic hydroxyl groups is 2. The van der Waals surface area contributed by atoms with Gasteiger partial charge in [0, 0.05) is 20.0 Å². The first-order chi connectivity index (χ1) is 7.58. The molecule has 1 aliphatic heterocycles. The van der Waals surface area contributed by atoms with Crippen molar-refractivity contribution in [1.29, 1.82) is 0 Å². The minimum absolute atomic E-state index is 0.201. The minimum atomic E-state index is -0.793. The van der Waals surface area contributed by atoms with Crippen LogP contribution >= 0.6 is 0 Å². The summed E-state index contributed by atoms with van der Waals surface area (Å²) in [5.74, 6) is -0.201. The van der Waals surface area contributed by atoms with Crippen LogP contribution in [0.2, 0.25) is 0 Å². The average molecular weight is 233 g/mol. The van der Waals surface area contributed by atoms with Gasteiger partial charge in [0.15, 0.2) is 6.29 Å². The van der Waals surface area contributed by atoms with Crippen LogP contribution in [0.4, 0.5) is 0 Å². The van der Waals surface area contributed by atoms with Gasteiger partial charge in [0.2, 0.25) is 5.91 Å². The molecule has 0 saturated carbocycles. The van der Waals surface area contributed by atoms with E-state index in [-0.39, 0.29) is 18.6 Å². The second-order valence-corrected chi connectivity index (χ2v) is 3.79. The number of rotatable bonds is 4. The van der Waals surface area contributed by atoms with E-state index < -0.39 is 18.5 Å². The first kappa shape index (κ1) is 13.4. The van der Waals surface area contributed by atoms with Crippen molar-refractivity contribution in [2.24, 2.45) is 0 Å². The maximum absolute atomic E-state index is 11.0. The third-order valence-electron chi connectivity index (χ3n) is 2.46. The Balaban J connectivity index is 2.62. The Morgan fingerprint density at radius 2 is 2.31 bits per heavy atom. The summed E-state index contributed by atoms with van der Waals surface area (Å²) in [6, 6.07) is -0.379. The van der Waals surface area contributed by atoms with E-state index in [4.69, 9.17) is 14.6 Å². The topological polar surface area (TPSA) is 88.0 Å². The van der Waals surface area contributed by atoms with Crippen molar-refractivity contribution in [2.45, 2.75) is 44.8 Å². The molecule has 3 N–H and O–H groups in total. The molecule has 1 aliphatic rings. The van der Waals surface area contributed by atoms with Crippen LogP contribution in [0.1, 0.15) is 20.3 Å². The van der Waals surface area contributed by atoms with Gasteiger partial charge in [-0.3, -0.25) is 4.79 Å². The van der Waals surface area contributed by atoms with Gasteiger partial charge in [0.05, 0.1) is 18.8 Å². The van der Waals surface area contributed by atoms with E-state index in [0.717, 1.165) is 0 Å². The first-order valence-electron chi connectivity index (χ1n) is 5.41. The lowest BCUT2D eigenvalue weighted by Gasteiger charge is -2.38. The van der Waals surface area contributed by atoms with Crippen LogP contribution in [-0.2, 0) is 14.3 Å².